The first-order valence-corrected chi connectivity index (χ1v) is 11.7. The Morgan fingerprint density at radius 1 is 1.07 bits per heavy atom. The second-order valence-corrected chi connectivity index (χ2v) is 9.50. The second-order valence-electron chi connectivity index (χ2n) is 8.61. The lowest BCUT2D eigenvalue weighted by Gasteiger charge is -2.43. The number of piperidine rings is 1. The molecule has 3 fully saturated rings. The zero-order chi connectivity index (χ0) is 19.8. The zero-order valence-corrected chi connectivity index (χ0v) is 18.0. The summed E-state index contributed by atoms with van der Waals surface area (Å²) in [6.45, 7) is 6.97. The third kappa shape index (κ3) is 3.73. The Morgan fingerprint density at radius 3 is 2.72 bits per heavy atom. The monoisotopic (exact) mass is 414 g/mol. The summed E-state index contributed by atoms with van der Waals surface area (Å²) < 4.78 is 0. The third-order valence-corrected chi connectivity index (χ3v) is 7.61. The molecule has 0 saturated carbocycles. The molecule has 0 spiro atoms. The predicted octanol–water partition coefficient (Wildman–Crippen LogP) is 1.90. The number of likely N-dealkylation sites (tertiary alicyclic amines) is 1. The highest BCUT2D eigenvalue weighted by molar-refractivity contribution is 7.16. The quantitative estimate of drug-likeness (QED) is 0.765. The number of fused-ring (bicyclic) bond motifs is 1. The molecule has 29 heavy (non-hydrogen) atoms. The fourth-order valence-corrected chi connectivity index (χ4v) is 5.97. The number of carbonyl (C=O) groups excluding carboxylic acids is 1. The van der Waals surface area contributed by atoms with E-state index in [9.17, 15) is 4.79 Å². The van der Waals surface area contributed by atoms with Crippen molar-refractivity contribution in [3.05, 3.63) is 17.8 Å². The predicted molar refractivity (Wildman–Crippen MR) is 116 cm³/mol. The Bertz CT molecular complexity index is 864. The average Bonchev–Trinajstić information content (AvgIpc) is 3.43. The van der Waals surface area contributed by atoms with Crippen molar-refractivity contribution in [2.75, 3.05) is 57.8 Å². The lowest BCUT2D eigenvalue weighted by molar-refractivity contribution is -0.134. The highest BCUT2D eigenvalue weighted by atomic mass is 32.1. The van der Waals surface area contributed by atoms with Crippen LogP contribution in [-0.2, 0) is 4.79 Å². The first-order chi connectivity index (χ1) is 14.2. The van der Waals surface area contributed by atoms with Gasteiger partial charge in [-0.15, -0.1) is 11.3 Å². The van der Waals surface area contributed by atoms with E-state index in [2.05, 4.69) is 48.1 Å². The van der Waals surface area contributed by atoms with Crippen molar-refractivity contribution >= 4 is 33.3 Å². The average molecular weight is 415 g/mol. The molecule has 3 saturated heterocycles. The van der Waals surface area contributed by atoms with Gasteiger partial charge in [0.1, 0.15) is 23.0 Å². The second kappa shape index (κ2) is 8.16. The van der Waals surface area contributed by atoms with Crippen LogP contribution in [0.1, 0.15) is 25.7 Å². The van der Waals surface area contributed by atoms with E-state index in [1.807, 2.05) is 0 Å². The molecule has 1 amide bonds. The topological polar surface area (TPSA) is 55.8 Å². The molecule has 0 aliphatic carbocycles. The van der Waals surface area contributed by atoms with E-state index >= 15 is 0 Å². The van der Waals surface area contributed by atoms with Gasteiger partial charge in [0, 0.05) is 45.3 Å². The van der Waals surface area contributed by atoms with Crippen molar-refractivity contribution < 1.29 is 4.79 Å². The minimum Gasteiger partial charge on any atom is -0.344 e. The normalized spacial score (nSPS) is 27.1. The van der Waals surface area contributed by atoms with Gasteiger partial charge in [-0.3, -0.25) is 9.69 Å². The molecule has 7 nitrogen and oxygen atoms in total. The number of rotatable bonds is 3. The van der Waals surface area contributed by atoms with E-state index < -0.39 is 0 Å². The first-order valence-electron chi connectivity index (χ1n) is 10.9. The van der Waals surface area contributed by atoms with Gasteiger partial charge in [0.2, 0.25) is 5.91 Å². The van der Waals surface area contributed by atoms with Crippen LogP contribution in [0, 0.1) is 0 Å². The van der Waals surface area contributed by atoms with Crippen LogP contribution in [0.25, 0.3) is 10.2 Å². The molecule has 2 atom stereocenters. The van der Waals surface area contributed by atoms with Gasteiger partial charge in [0.25, 0.3) is 0 Å². The van der Waals surface area contributed by atoms with E-state index in [1.54, 1.807) is 17.7 Å². The molecule has 5 heterocycles. The van der Waals surface area contributed by atoms with Gasteiger partial charge >= 0.3 is 0 Å². The number of hydrogen-bond donors (Lipinski definition) is 0. The Hall–Kier alpha value is -1.77. The van der Waals surface area contributed by atoms with Crippen molar-refractivity contribution in [1.29, 1.82) is 0 Å². The van der Waals surface area contributed by atoms with Gasteiger partial charge in [-0.2, -0.15) is 0 Å². The number of piperazine rings is 1. The van der Waals surface area contributed by atoms with E-state index in [1.165, 1.54) is 19.4 Å². The molecule has 0 radical (unpaired) electrons. The lowest BCUT2D eigenvalue weighted by Crippen LogP contribution is -2.57. The Labute approximate surface area is 176 Å². The van der Waals surface area contributed by atoms with E-state index in [0.29, 0.717) is 6.04 Å². The van der Waals surface area contributed by atoms with Gasteiger partial charge in [0.05, 0.1) is 5.39 Å². The number of nitrogens with zero attached hydrogens (tertiary/aromatic N) is 6. The highest BCUT2D eigenvalue weighted by Crippen LogP contribution is 2.32. The molecule has 0 N–H and O–H groups in total. The molecule has 3 aliphatic rings. The number of carbonyl (C=O) groups is 1. The van der Waals surface area contributed by atoms with E-state index in [-0.39, 0.29) is 11.9 Å². The molecule has 5 rings (SSSR count). The molecule has 156 valence electrons. The molecule has 8 heteroatoms. The van der Waals surface area contributed by atoms with Gasteiger partial charge in [0.15, 0.2) is 0 Å². The van der Waals surface area contributed by atoms with E-state index in [0.717, 1.165) is 68.1 Å². The van der Waals surface area contributed by atoms with Gasteiger partial charge < -0.3 is 14.7 Å². The van der Waals surface area contributed by atoms with Crippen molar-refractivity contribution in [3.63, 3.8) is 0 Å². The number of thiophene rings is 1. The summed E-state index contributed by atoms with van der Waals surface area (Å²) in [5.41, 5.74) is 0. The summed E-state index contributed by atoms with van der Waals surface area (Å²) >= 11 is 1.63. The molecule has 3 aliphatic heterocycles. The van der Waals surface area contributed by atoms with Crippen LogP contribution in [0.15, 0.2) is 17.8 Å². The smallest absolute Gasteiger partial charge is 0.245 e. The minimum absolute atomic E-state index is 0.0830. The fourth-order valence-electron chi connectivity index (χ4n) is 5.24. The molecular formula is C21H30N6OS. The van der Waals surface area contributed by atoms with Crippen molar-refractivity contribution in [3.8, 4) is 0 Å². The molecule has 0 bridgehead atoms. The maximum Gasteiger partial charge on any atom is 0.245 e. The van der Waals surface area contributed by atoms with Crippen LogP contribution in [0.4, 0.5) is 5.82 Å². The molecular weight excluding hydrogens is 384 g/mol. The highest BCUT2D eigenvalue weighted by Gasteiger charge is 2.37. The SMILES string of the molecule is CN1CCCC(N2CCN(C(=O)C3CCCN3c3ncnc4sccc34)CC2)C1. The largest absolute Gasteiger partial charge is 0.344 e. The summed E-state index contributed by atoms with van der Waals surface area (Å²) in [5, 5.41) is 3.13. The summed E-state index contributed by atoms with van der Waals surface area (Å²) in [4.78, 5) is 32.7. The molecule has 2 unspecified atom stereocenters. The van der Waals surface area contributed by atoms with Crippen molar-refractivity contribution in [2.45, 2.75) is 37.8 Å². The van der Waals surface area contributed by atoms with Gasteiger partial charge in [-0.1, -0.05) is 0 Å². The lowest BCUT2D eigenvalue weighted by atomic mass is 10.0. The first kappa shape index (κ1) is 19.2. The Morgan fingerprint density at radius 2 is 1.90 bits per heavy atom. The maximum atomic E-state index is 13.4. The van der Waals surface area contributed by atoms with Gasteiger partial charge in [-0.05, 0) is 50.7 Å². The van der Waals surface area contributed by atoms with E-state index in [4.69, 9.17) is 0 Å². The Kier molecular flexibility index (Phi) is 5.41. The molecule has 0 aromatic carbocycles. The van der Waals surface area contributed by atoms with Crippen LogP contribution < -0.4 is 4.90 Å². The summed E-state index contributed by atoms with van der Waals surface area (Å²) in [7, 11) is 2.22. The minimum atomic E-state index is -0.0830. The van der Waals surface area contributed by atoms with Crippen LogP contribution in [0.5, 0.6) is 0 Å². The maximum absolute atomic E-state index is 13.4. The number of amides is 1. The van der Waals surface area contributed by atoms with Crippen molar-refractivity contribution in [1.82, 2.24) is 24.7 Å². The van der Waals surface area contributed by atoms with Crippen LogP contribution in [0.3, 0.4) is 0 Å². The van der Waals surface area contributed by atoms with Crippen LogP contribution in [0.2, 0.25) is 0 Å². The fraction of sp³-hybridized carbons (Fsp3) is 0.667. The summed E-state index contributed by atoms with van der Waals surface area (Å²) in [6, 6.07) is 2.65. The van der Waals surface area contributed by atoms with Crippen LogP contribution in [-0.4, -0.2) is 95.5 Å². The molecule has 2 aromatic heterocycles. The number of likely N-dealkylation sites (N-methyl/N-ethyl adjacent to an activating group) is 1. The van der Waals surface area contributed by atoms with Crippen LogP contribution >= 0.6 is 11.3 Å². The number of hydrogen-bond acceptors (Lipinski definition) is 7. The number of anilines is 1. The standard InChI is InChI=1S/C21H30N6OS/c1-24-7-2-4-16(14-24)25-9-11-26(12-10-25)21(28)18-5-3-8-27(18)19-17-6-13-29-20(17)23-15-22-19/h6,13,15-16,18H,2-5,7-12,14H2,1H3. The van der Waals surface area contributed by atoms with Crippen molar-refractivity contribution in [2.24, 2.45) is 0 Å². The van der Waals surface area contributed by atoms with Gasteiger partial charge in [-0.25, -0.2) is 9.97 Å². The number of aromatic nitrogens is 2. The zero-order valence-electron chi connectivity index (χ0n) is 17.2. The molecule has 2 aromatic rings. The summed E-state index contributed by atoms with van der Waals surface area (Å²) in [5.74, 6) is 1.21. The third-order valence-electron chi connectivity index (χ3n) is 6.79. The summed E-state index contributed by atoms with van der Waals surface area (Å²) in [6.07, 6.45) is 6.17. The Balaban J connectivity index is 1.25.